The molecule has 2 fully saturated rings. The summed E-state index contributed by atoms with van der Waals surface area (Å²) < 4.78 is 10.8. The van der Waals surface area contributed by atoms with E-state index in [9.17, 15) is 19.2 Å². The maximum Gasteiger partial charge on any atom is 0.240 e. The quantitative estimate of drug-likeness (QED) is 0.341. The highest BCUT2D eigenvalue weighted by molar-refractivity contribution is 6.30. The van der Waals surface area contributed by atoms with Gasteiger partial charge >= 0.3 is 0 Å². The molecule has 9 heteroatoms. The number of fused-ring (bicyclic) bond motifs is 4. The third-order valence-corrected chi connectivity index (χ3v) is 8.11. The van der Waals surface area contributed by atoms with Crippen molar-refractivity contribution in [3.8, 4) is 11.5 Å². The third-order valence-electron chi connectivity index (χ3n) is 7.86. The number of ketones is 2. The molecule has 0 bridgehead atoms. The van der Waals surface area contributed by atoms with Gasteiger partial charge in [0, 0.05) is 34.0 Å². The molecule has 0 spiro atoms. The number of benzene rings is 3. The number of halogens is 1. The number of imide groups is 1. The molecule has 4 atom stereocenters. The van der Waals surface area contributed by atoms with Crippen LogP contribution in [-0.2, 0) is 9.59 Å². The molecule has 0 radical (unpaired) electrons. The van der Waals surface area contributed by atoms with E-state index in [1.54, 1.807) is 90.0 Å². The Bertz CT molecular complexity index is 1650. The summed E-state index contributed by atoms with van der Waals surface area (Å²) in [7, 11) is 0. The monoisotopic (exact) mass is 552 g/mol. The maximum atomic E-state index is 14.0. The number of hydrogen-bond donors (Lipinski definition) is 0. The summed E-state index contributed by atoms with van der Waals surface area (Å²) in [6.45, 7) is 0.0516. The fraction of sp³-hybridized carbons (Fsp3) is 0.161. The summed E-state index contributed by atoms with van der Waals surface area (Å²) in [6.07, 6.45) is 5.00. The second kappa shape index (κ2) is 9.20. The van der Waals surface area contributed by atoms with Crippen molar-refractivity contribution < 1.29 is 28.7 Å². The first-order valence-corrected chi connectivity index (χ1v) is 13.1. The Morgan fingerprint density at radius 2 is 1.55 bits per heavy atom. The molecule has 2 amide bonds. The normalized spacial score (nSPS) is 24.2. The van der Waals surface area contributed by atoms with Gasteiger partial charge in [-0.3, -0.25) is 19.2 Å². The van der Waals surface area contributed by atoms with E-state index in [1.165, 1.54) is 0 Å². The zero-order valence-electron chi connectivity index (χ0n) is 20.9. The molecule has 3 aromatic rings. The predicted octanol–water partition coefficient (Wildman–Crippen LogP) is 4.45. The highest BCUT2D eigenvalue weighted by Gasteiger charge is 2.63. The predicted molar refractivity (Wildman–Crippen MR) is 145 cm³/mol. The van der Waals surface area contributed by atoms with E-state index >= 15 is 0 Å². The molecule has 3 aromatic carbocycles. The van der Waals surface area contributed by atoms with Crippen LogP contribution < -0.4 is 14.4 Å². The Balaban J connectivity index is 1.30. The van der Waals surface area contributed by atoms with Crippen LogP contribution in [0.2, 0.25) is 5.02 Å². The molecule has 8 nitrogen and oxygen atoms in total. The molecule has 0 unspecified atom stereocenters. The molecule has 0 N–H and O–H groups in total. The number of ether oxygens (including phenoxy) is 2. The van der Waals surface area contributed by atoms with Crippen molar-refractivity contribution in [2.24, 2.45) is 11.8 Å². The van der Waals surface area contributed by atoms with E-state index in [1.807, 2.05) is 6.07 Å². The lowest BCUT2D eigenvalue weighted by Gasteiger charge is -2.32. The SMILES string of the molecule is O=C(C1=C[C@H]2[C@@H]3C(=O)N(c4ccc5c(c4)OCO5)C(=O)[C@@H]3[C@H](C(=O)c3ccc(Cl)cc3)N2C=C1)c1ccccc1. The number of carbonyl (C=O) groups excluding carboxylic acids is 4. The first-order chi connectivity index (χ1) is 19.4. The average Bonchev–Trinajstić information content (AvgIpc) is 3.65. The second-order valence-corrected chi connectivity index (χ2v) is 10.4. The van der Waals surface area contributed by atoms with Crippen molar-refractivity contribution in [1.82, 2.24) is 4.90 Å². The van der Waals surface area contributed by atoms with E-state index in [4.69, 9.17) is 21.1 Å². The zero-order valence-corrected chi connectivity index (χ0v) is 21.7. The molecule has 0 aromatic heterocycles. The number of rotatable bonds is 5. The number of hydrogen-bond acceptors (Lipinski definition) is 7. The minimum Gasteiger partial charge on any atom is -0.454 e. The van der Waals surface area contributed by atoms with E-state index in [2.05, 4.69) is 0 Å². The van der Waals surface area contributed by atoms with Crippen LogP contribution in [-0.4, -0.2) is 47.2 Å². The maximum absolute atomic E-state index is 14.0. The van der Waals surface area contributed by atoms with Gasteiger partial charge in [0.25, 0.3) is 0 Å². The molecule has 198 valence electrons. The van der Waals surface area contributed by atoms with Crippen LogP contribution in [0.1, 0.15) is 20.7 Å². The Kier molecular flexibility index (Phi) is 5.61. The van der Waals surface area contributed by atoms with Crippen LogP contribution in [0.5, 0.6) is 11.5 Å². The highest BCUT2D eigenvalue weighted by Crippen LogP contribution is 2.48. The summed E-state index contributed by atoms with van der Waals surface area (Å²) >= 11 is 6.04. The fourth-order valence-electron chi connectivity index (χ4n) is 6.02. The zero-order chi connectivity index (χ0) is 27.5. The van der Waals surface area contributed by atoms with Gasteiger partial charge in [-0.1, -0.05) is 48.0 Å². The minimum atomic E-state index is -0.960. The molecule has 7 rings (SSSR count). The second-order valence-electron chi connectivity index (χ2n) is 9.99. The number of nitrogens with zero attached hydrogens (tertiary/aromatic N) is 2. The summed E-state index contributed by atoms with van der Waals surface area (Å²) in [4.78, 5) is 58.1. The van der Waals surface area contributed by atoms with Crippen molar-refractivity contribution in [1.29, 1.82) is 0 Å². The van der Waals surface area contributed by atoms with Crippen molar-refractivity contribution in [3.05, 3.63) is 113 Å². The van der Waals surface area contributed by atoms with E-state index in [0.717, 1.165) is 4.90 Å². The van der Waals surface area contributed by atoms with Gasteiger partial charge < -0.3 is 14.4 Å². The van der Waals surface area contributed by atoms with Crippen LogP contribution in [0.4, 0.5) is 5.69 Å². The largest absolute Gasteiger partial charge is 0.454 e. The average molecular weight is 553 g/mol. The van der Waals surface area contributed by atoms with Gasteiger partial charge in [0.1, 0.15) is 6.04 Å². The lowest BCUT2D eigenvalue weighted by atomic mass is 9.85. The smallest absolute Gasteiger partial charge is 0.240 e. The first-order valence-electron chi connectivity index (χ1n) is 12.8. The standard InChI is InChI=1S/C31H21ClN2O6/c32-20-8-6-18(7-9-20)29(36)27-26-25(22-14-19(12-13-33(22)27)28(35)17-4-2-1-3-5-17)30(37)34(31(26)38)21-10-11-23-24(15-21)40-16-39-23/h1-15,22,25-27H,16H2/t22-,25-,26-,27+/m0/s1. The summed E-state index contributed by atoms with van der Waals surface area (Å²) in [6, 6.07) is 18.5. The van der Waals surface area contributed by atoms with Crippen molar-refractivity contribution in [2.45, 2.75) is 12.1 Å². The first kappa shape index (κ1) is 24.4. The molecule has 4 aliphatic heterocycles. The molecule has 4 heterocycles. The van der Waals surface area contributed by atoms with Crippen LogP contribution in [0.15, 0.2) is 96.7 Å². The van der Waals surface area contributed by atoms with Gasteiger partial charge in [-0.2, -0.15) is 0 Å². The van der Waals surface area contributed by atoms with Gasteiger partial charge in [-0.05, 0) is 42.5 Å². The van der Waals surface area contributed by atoms with Gasteiger partial charge in [0.2, 0.25) is 18.6 Å². The van der Waals surface area contributed by atoms with Gasteiger partial charge in [0.05, 0.1) is 23.6 Å². The lowest BCUT2D eigenvalue weighted by Crippen LogP contribution is -2.46. The topological polar surface area (TPSA) is 93.2 Å². The molecule has 2 saturated heterocycles. The molecule has 0 aliphatic carbocycles. The molecular weight excluding hydrogens is 532 g/mol. The Morgan fingerprint density at radius 3 is 2.33 bits per heavy atom. The van der Waals surface area contributed by atoms with Crippen LogP contribution in [0.3, 0.4) is 0 Å². The number of Topliss-reactive ketones (excluding diaryl/α,β-unsaturated/α-hetero) is 2. The van der Waals surface area contributed by atoms with Gasteiger partial charge in [-0.25, -0.2) is 4.90 Å². The Morgan fingerprint density at radius 1 is 0.825 bits per heavy atom. The highest BCUT2D eigenvalue weighted by atomic mass is 35.5. The van der Waals surface area contributed by atoms with Crippen molar-refractivity contribution in [2.75, 3.05) is 11.7 Å². The number of allylic oxidation sites excluding steroid dienone is 2. The minimum absolute atomic E-state index is 0.0516. The van der Waals surface area contributed by atoms with Crippen molar-refractivity contribution in [3.63, 3.8) is 0 Å². The summed E-state index contributed by atoms with van der Waals surface area (Å²) in [5, 5.41) is 0.477. The number of anilines is 1. The van der Waals surface area contributed by atoms with Crippen molar-refractivity contribution >= 4 is 40.7 Å². The van der Waals surface area contributed by atoms with Crippen LogP contribution in [0, 0.1) is 11.8 Å². The third kappa shape index (κ3) is 3.67. The van der Waals surface area contributed by atoms with Gasteiger partial charge in [-0.15, -0.1) is 0 Å². The van der Waals surface area contributed by atoms with Gasteiger partial charge in [0.15, 0.2) is 23.1 Å². The van der Waals surface area contributed by atoms with Crippen LogP contribution in [0.25, 0.3) is 0 Å². The van der Waals surface area contributed by atoms with E-state index in [0.29, 0.717) is 38.9 Å². The lowest BCUT2D eigenvalue weighted by molar-refractivity contribution is -0.123. The number of carbonyl (C=O) groups is 4. The molecular formula is C31H21ClN2O6. The fourth-order valence-corrected chi connectivity index (χ4v) is 6.14. The van der Waals surface area contributed by atoms with E-state index < -0.39 is 35.7 Å². The molecule has 0 saturated carbocycles. The van der Waals surface area contributed by atoms with E-state index in [-0.39, 0.29) is 18.4 Å². The summed E-state index contributed by atoms with van der Waals surface area (Å²) in [5.74, 6) is -2.30. The molecule has 40 heavy (non-hydrogen) atoms. The Labute approximate surface area is 234 Å². The molecule has 4 aliphatic rings. The summed E-state index contributed by atoms with van der Waals surface area (Å²) in [5.41, 5.74) is 1.62. The van der Waals surface area contributed by atoms with Crippen LogP contribution >= 0.6 is 11.6 Å². The Hall–Kier alpha value is -4.69. The number of amides is 2.